The van der Waals surface area contributed by atoms with Crippen molar-refractivity contribution in [3.8, 4) is 5.88 Å². The summed E-state index contributed by atoms with van der Waals surface area (Å²) in [6.45, 7) is -0.558. The Labute approximate surface area is 154 Å². The number of hydrogen-bond acceptors (Lipinski definition) is 5. The van der Waals surface area contributed by atoms with E-state index in [9.17, 15) is 18.0 Å². The fourth-order valence-corrected chi connectivity index (χ4v) is 2.27. The van der Waals surface area contributed by atoms with Crippen LogP contribution >= 0.6 is 15.9 Å². The smallest absolute Gasteiger partial charge is 0.416 e. The van der Waals surface area contributed by atoms with Crippen LogP contribution < -0.4 is 10.2 Å². The summed E-state index contributed by atoms with van der Waals surface area (Å²) in [5.74, 6) is -0.653. The number of carbonyl (C=O) groups is 1. The fourth-order valence-electron chi connectivity index (χ4n) is 1.88. The van der Waals surface area contributed by atoms with Gasteiger partial charge in [-0.3, -0.25) is 15.0 Å². The average Bonchev–Trinajstić information content (AvgIpc) is 2.61. The van der Waals surface area contributed by atoms with Gasteiger partial charge < -0.3 is 4.74 Å². The minimum atomic E-state index is -4.54. The van der Waals surface area contributed by atoms with Crippen molar-refractivity contribution in [1.82, 2.24) is 10.5 Å². The minimum absolute atomic E-state index is 0.142. The van der Waals surface area contributed by atoms with E-state index < -0.39 is 24.1 Å². The van der Waals surface area contributed by atoms with Crippen molar-refractivity contribution in [2.75, 3.05) is 13.7 Å². The predicted octanol–water partition coefficient (Wildman–Crippen LogP) is 3.60. The van der Waals surface area contributed by atoms with Gasteiger partial charge in [0.2, 0.25) is 5.88 Å². The molecule has 0 saturated heterocycles. The Hall–Kier alpha value is -2.46. The largest absolute Gasteiger partial charge is 0.480 e. The Bertz CT molecular complexity index is 828. The van der Waals surface area contributed by atoms with Crippen LogP contribution in [0.5, 0.6) is 5.88 Å². The first-order valence-electron chi connectivity index (χ1n) is 7.10. The van der Waals surface area contributed by atoms with Crippen LogP contribution in [0.4, 0.5) is 13.2 Å². The van der Waals surface area contributed by atoms with Crippen molar-refractivity contribution in [2.24, 2.45) is 0 Å². The molecule has 2 aromatic rings. The highest BCUT2D eigenvalue weighted by atomic mass is 79.9. The molecule has 0 spiro atoms. The van der Waals surface area contributed by atoms with Crippen LogP contribution in [-0.2, 0) is 11.0 Å². The highest BCUT2D eigenvalue weighted by Crippen LogP contribution is 2.29. The van der Waals surface area contributed by atoms with Crippen LogP contribution in [0.1, 0.15) is 21.6 Å². The number of hydrogen-bond donors (Lipinski definition) is 2. The van der Waals surface area contributed by atoms with Gasteiger partial charge in [-0.15, -0.1) is 0 Å². The number of pyridine rings is 1. The zero-order valence-corrected chi connectivity index (χ0v) is 14.9. The van der Waals surface area contributed by atoms with Gasteiger partial charge in [-0.1, -0.05) is 12.1 Å². The molecule has 2 N–H and O–H groups in total. The van der Waals surface area contributed by atoms with E-state index in [0.29, 0.717) is 4.47 Å². The van der Waals surface area contributed by atoms with Gasteiger partial charge in [-0.25, -0.2) is 10.5 Å². The van der Waals surface area contributed by atoms with E-state index in [-0.39, 0.29) is 23.0 Å². The lowest BCUT2D eigenvalue weighted by molar-refractivity contribution is -0.137. The van der Waals surface area contributed by atoms with Crippen molar-refractivity contribution in [3.05, 3.63) is 57.7 Å². The normalized spacial score (nSPS) is 11.1. The standard InChI is InChI=1S/C16H13BrF3N3O3/c1-25-15-11(17)5-6-12(22-15)14(21)23-26-8-13(24)9-3-2-4-10(7-9)16(18,19)20/h2-7H,8H2,1H3,(H2,21,23). The summed E-state index contributed by atoms with van der Waals surface area (Å²) in [4.78, 5) is 20.9. The van der Waals surface area contributed by atoms with Crippen LogP contribution in [0.3, 0.4) is 0 Å². The van der Waals surface area contributed by atoms with Crippen LogP contribution in [0.2, 0.25) is 0 Å². The highest BCUT2D eigenvalue weighted by molar-refractivity contribution is 9.10. The third kappa shape index (κ3) is 5.02. The van der Waals surface area contributed by atoms with Gasteiger partial charge in [0.05, 0.1) is 17.1 Å². The molecule has 0 bridgehead atoms. The minimum Gasteiger partial charge on any atom is -0.480 e. The molecule has 0 aliphatic heterocycles. The lowest BCUT2D eigenvalue weighted by Crippen LogP contribution is -2.27. The summed E-state index contributed by atoms with van der Waals surface area (Å²) in [6, 6.07) is 7.15. The molecule has 1 aromatic heterocycles. The monoisotopic (exact) mass is 431 g/mol. The number of Topliss-reactive ketones (excluding diaryl/α,β-unsaturated/α-hetero) is 1. The molecule has 10 heteroatoms. The molecule has 0 fully saturated rings. The second-order valence-corrected chi connectivity index (χ2v) is 5.81. The van der Waals surface area contributed by atoms with Gasteiger partial charge in [0.15, 0.2) is 11.6 Å². The molecule has 0 amide bonds. The third-order valence-corrected chi connectivity index (χ3v) is 3.76. The van der Waals surface area contributed by atoms with Crippen molar-refractivity contribution in [3.63, 3.8) is 0 Å². The predicted molar refractivity (Wildman–Crippen MR) is 90.2 cm³/mol. The van der Waals surface area contributed by atoms with E-state index in [0.717, 1.165) is 18.2 Å². The molecule has 6 nitrogen and oxygen atoms in total. The quantitative estimate of drug-likeness (QED) is 0.316. The summed E-state index contributed by atoms with van der Waals surface area (Å²) < 4.78 is 43.6. The molecule has 0 aliphatic rings. The van der Waals surface area contributed by atoms with E-state index >= 15 is 0 Å². The van der Waals surface area contributed by atoms with Crippen LogP contribution in [-0.4, -0.2) is 30.3 Å². The third-order valence-electron chi connectivity index (χ3n) is 3.15. The number of halogens is 4. The van der Waals surface area contributed by atoms with E-state index in [2.05, 4.69) is 26.4 Å². The zero-order valence-electron chi connectivity index (χ0n) is 13.4. The van der Waals surface area contributed by atoms with Gasteiger partial charge in [0.25, 0.3) is 0 Å². The first kappa shape index (κ1) is 19.9. The summed E-state index contributed by atoms with van der Waals surface area (Å²) in [5, 5.41) is 7.81. The Morgan fingerprint density at radius 2 is 2.04 bits per heavy atom. The zero-order chi connectivity index (χ0) is 19.3. The second kappa shape index (κ2) is 8.28. The number of aromatic nitrogens is 1. The molecule has 0 atom stereocenters. The topological polar surface area (TPSA) is 84.3 Å². The second-order valence-electron chi connectivity index (χ2n) is 4.96. The van der Waals surface area contributed by atoms with Crippen molar-refractivity contribution >= 4 is 27.5 Å². The van der Waals surface area contributed by atoms with E-state index in [1.165, 1.54) is 19.2 Å². The number of methoxy groups -OCH3 is 1. The van der Waals surface area contributed by atoms with E-state index in [4.69, 9.17) is 15.0 Å². The lowest BCUT2D eigenvalue weighted by Gasteiger charge is -2.10. The van der Waals surface area contributed by atoms with Crippen LogP contribution in [0.15, 0.2) is 40.9 Å². The Morgan fingerprint density at radius 3 is 2.69 bits per heavy atom. The first-order chi connectivity index (χ1) is 12.2. The number of rotatable bonds is 6. The van der Waals surface area contributed by atoms with Gasteiger partial charge in [-0.2, -0.15) is 13.2 Å². The number of nitrogens with zero attached hydrogens (tertiary/aromatic N) is 1. The molecular formula is C16H13BrF3N3O3. The number of alkyl halides is 3. The number of hydroxylamine groups is 1. The van der Waals surface area contributed by atoms with Gasteiger partial charge in [0, 0.05) is 5.56 Å². The summed E-state index contributed by atoms with van der Waals surface area (Å²) in [6.07, 6.45) is -4.54. The molecule has 1 heterocycles. The molecule has 26 heavy (non-hydrogen) atoms. The van der Waals surface area contributed by atoms with Crippen LogP contribution in [0, 0.1) is 5.41 Å². The lowest BCUT2D eigenvalue weighted by atomic mass is 10.1. The first-order valence-corrected chi connectivity index (χ1v) is 7.89. The Morgan fingerprint density at radius 1 is 1.31 bits per heavy atom. The molecule has 1 aromatic carbocycles. The number of carbonyl (C=O) groups excluding carboxylic acids is 1. The molecular weight excluding hydrogens is 419 g/mol. The number of nitrogens with one attached hydrogen (secondary N) is 2. The number of amidine groups is 1. The molecule has 0 unspecified atom stereocenters. The SMILES string of the molecule is COc1nc(C(=N)NOCC(=O)c2cccc(C(F)(F)F)c2)ccc1Br. The van der Waals surface area contributed by atoms with E-state index in [1.54, 1.807) is 6.07 Å². The molecule has 0 saturated carbocycles. The van der Waals surface area contributed by atoms with Crippen LogP contribution in [0.25, 0.3) is 0 Å². The number of benzene rings is 1. The van der Waals surface area contributed by atoms with Gasteiger partial charge >= 0.3 is 6.18 Å². The number of ketones is 1. The summed E-state index contributed by atoms with van der Waals surface area (Å²) >= 11 is 3.22. The van der Waals surface area contributed by atoms with Gasteiger partial charge in [0.1, 0.15) is 12.3 Å². The number of ether oxygens (including phenoxy) is 1. The van der Waals surface area contributed by atoms with Crippen molar-refractivity contribution in [1.29, 1.82) is 5.41 Å². The molecule has 138 valence electrons. The maximum atomic E-state index is 12.7. The molecule has 0 aliphatic carbocycles. The highest BCUT2D eigenvalue weighted by Gasteiger charge is 2.30. The van der Waals surface area contributed by atoms with E-state index in [1.807, 2.05) is 0 Å². The Balaban J connectivity index is 1.95. The maximum Gasteiger partial charge on any atom is 0.416 e. The summed E-state index contributed by atoms with van der Waals surface area (Å²) in [5.41, 5.74) is 1.35. The Kier molecular flexibility index (Phi) is 6.32. The fraction of sp³-hybridized carbons (Fsp3) is 0.188. The molecule has 2 rings (SSSR count). The van der Waals surface area contributed by atoms with Gasteiger partial charge in [-0.05, 0) is 40.2 Å². The molecule has 0 radical (unpaired) electrons. The van der Waals surface area contributed by atoms with Crippen molar-refractivity contribution < 1.29 is 27.5 Å². The maximum absolute atomic E-state index is 12.7. The average molecular weight is 432 g/mol. The summed E-state index contributed by atoms with van der Waals surface area (Å²) in [7, 11) is 1.41. The van der Waals surface area contributed by atoms with Crippen molar-refractivity contribution in [2.45, 2.75) is 6.18 Å².